The zero-order chi connectivity index (χ0) is 16.8. The highest BCUT2D eigenvalue weighted by Crippen LogP contribution is 2.29. The summed E-state index contributed by atoms with van der Waals surface area (Å²) in [6.45, 7) is 0.674. The van der Waals surface area contributed by atoms with E-state index in [-0.39, 0.29) is 6.04 Å². The SMILES string of the molecule is Cn1cc(C2CN=C3C(Nc4ccc5ncoc5c4)=NC=CN32)cn1. The van der Waals surface area contributed by atoms with Crippen LogP contribution in [0.25, 0.3) is 11.1 Å². The highest BCUT2D eigenvalue weighted by atomic mass is 16.3. The van der Waals surface area contributed by atoms with E-state index in [0.717, 1.165) is 28.2 Å². The Balaban J connectivity index is 1.41. The van der Waals surface area contributed by atoms with Crippen molar-refractivity contribution in [3.63, 3.8) is 0 Å². The Morgan fingerprint density at radius 1 is 1.32 bits per heavy atom. The predicted molar refractivity (Wildman–Crippen MR) is 94.3 cm³/mol. The highest BCUT2D eigenvalue weighted by molar-refractivity contribution is 6.45. The van der Waals surface area contributed by atoms with Crippen molar-refractivity contribution in [2.75, 3.05) is 11.9 Å². The maximum atomic E-state index is 5.36. The number of aromatic nitrogens is 3. The molecule has 3 aromatic rings. The molecule has 1 aromatic carbocycles. The smallest absolute Gasteiger partial charge is 0.181 e. The minimum atomic E-state index is 0.143. The number of aliphatic imine (C=N–C) groups is 2. The fraction of sp³-hybridized carbons (Fsp3) is 0.176. The highest BCUT2D eigenvalue weighted by Gasteiger charge is 2.32. The number of rotatable bonds is 2. The van der Waals surface area contributed by atoms with E-state index >= 15 is 0 Å². The molecule has 2 aliphatic rings. The molecule has 2 aromatic heterocycles. The van der Waals surface area contributed by atoms with Crippen LogP contribution in [0.5, 0.6) is 0 Å². The third kappa shape index (κ3) is 2.30. The van der Waals surface area contributed by atoms with E-state index in [1.165, 1.54) is 6.39 Å². The van der Waals surface area contributed by atoms with Crippen LogP contribution in [0.1, 0.15) is 11.6 Å². The number of aryl methyl sites for hydroxylation is 1. The number of hydrogen-bond donors (Lipinski definition) is 1. The molecule has 4 heterocycles. The lowest BCUT2D eigenvalue weighted by molar-refractivity contribution is 0.458. The number of hydrogen-bond acceptors (Lipinski definition) is 7. The largest absolute Gasteiger partial charge is 0.443 e. The fourth-order valence-electron chi connectivity index (χ4n) is 3.14. The normalized spacial score (nSPS) is 19.1. The van der Waals surface area contributed by atoms with Gasteiger partial charge in [-0.05, 0) is 12.1 Å². The van der Waals surface area contributed by atoms with Gasteiger partial charge < -0.3 is 14.6 Å². The lowest BCUT2D eigenvalue weighted by Crippen LogP contribution is -2.37. The van der Waals surface area contributed by atoms with E-state index in [4.69, 9.17) is 4.42 Å². The van der Waals surface area contributed by atoms with Gasteiger partial charge in [0.2, 0.25) is 0 Å². The van der Waals surface area contributed by atoms with Crippen molar-refractivity contribution in [3.8, 4) is 0 Å². The zero-order valence-electron chi connectivity index (χ0n) is 13.5. The van der Waals surface area contributed by atoms with Crippen molar-refractivity contribution in [1.29, 1.82) is 0 Å². The topological polar surface area (TPSA) is 83.8 Å². The van der Waals surface area contributed by atoms with Crippen LogP contribution in [0.2, 0.25) is 0 Å². The van der Waals surface area contributed by atoms with Gasteiger partial charge in [0.15, 0.2) is 23.6 Å². The van der Waals surface area contributed by atoms with Gasteiger partial charge in [-0.3, -0.25) is 9.67 Å². The van der Waals surface area contributed by atoms with Gasteiger partial charge in [0.25, 0.3) is 0 Å². The summed E-state index contributed by atoms with van der Waals surface area (Å²) in [5, 5.41) is 7.59. The van der Waals surface area contributed by atoms with Gasteiger partial charge in [0.1, 0.15) is 5.52 Å². The maximum Gasteiger partial charge on any atom is 0.181 e. The van der Waals surface area contributed by atoms with Gasteiger partial charge in [-0.1, -0.05) is 0 Å². The Morgan fingerprint density at radius 2 is 2.28 bits per heavy atom. The number of nitrogens with zero attached hydrogens (tertiary/aromatic N) is 6. The Hall–Kier alpha value is -3.42. The molecule has 1 atom stereocenters. The first-order valence-corrected chi connectivity index (χ1v) is 7.94. The number of amidine groups is 2. The summed E-state index contributed by atoms with van der Waals surface area (Å²) in [5.74, 6) is 1.54. The molecule has 1 N–H and O–H groups in total. The fourth-order valence-corrected chi connectivity index (χ4v) is 3.14. The molecule has 5 rings (SSSR count). The number of anilines is 1. The van der Waals surface area contributed by atoms with E-state index in [1.807, 2.05) is 43.8 Å². The first kappa shape index (κ1) is 14.0. The van der Waals surface area contributed by atoms with E-state index in [0.29, 0.717) is 12.4 Å². The molecule has 0 amide bonds. The first-order valence-electron chi connectivity index (χ1n) is 7.94. The molecule has 0 radical (unpaired) electrons. The van der Waals surface area contributed by atoms with E-state index in [1.54, 1.807) is 10.9 Å². The molecule has 1 unspecified atom stereocenters. The summed E-state index contributed by atoms with van der Waals surface area (Å²) in [7, 11) is 1.92. The molecule has 0 saturated heterocycles. The summed E-state index contributed by atoms with van der Waals surface area (Å²) < 4.78 is 7.16. The van der Waals surface area contributed by atoms with Crippen LogP contribution in [-0.2, 0) is 7.05 Å². The molecule has 0 bridgehead atoms. The van der Waals surface area contributed by atoms with E-state index in [9.17, 15) is 0 Å². The summed E-state index contributed by atoms with van der Waals surface area (Å²) in [4.78, 5) is 15.4. The summed E-state index contributed by atoms with van der Waals surface area (Å²) >= 11 is 0. The zero-order valence-corrected chi connectivity index (χ0v) is 13.5. The van der Waals surface area contributed by atoms with E-state index in [2.05, 4.69) is 30.3 Å². The Labute approximate surface area is 143 Å². The van der Waals surface area contributed by atoms with Gasteiger partial charge in [0.05, 0.1) is 18.8 Å². The second kappa shape index (κ2) is 5.30. The van der Waals surface area contributed by atoms with Gasteiger partial charge in [0, 0.05) is 43.0 Å². The molecular formula is C17H15N7O. The Morgan fingerprint density at radius 3 is 3.16 bits per heavy atom. The van der Waals surface area contributed by atoms with Gasteiger partial charge in [-0.25, -0.2) is 9.98 Å². The van der Waals surface area contributed by atoms with Crippen molar-refractivity contribution in [2.24, 2.45) is 17.0 Å². The molecule has 0 saturated carbocycles. The number of benzene rings is 1. The van der Waals surface area contributed by atoms with Crippen LogP contribution >= 0.6 is 0 Å². The molecule has 8 nitrogen and oxygen atoms in total. The number of fused-ring (bicyclic) bond motifs is 2. The molecule has 2 aliphatic heterocycles. The standard InChI is InChI=1S/C17H15N7O/c1-23-9-11(7-21-23)14-8-19-17-16(18-4-5-24(14)17)22-12-2-3-13-15(6-12)25-10-20-13/h2-7,9-10,14H,8H2,1H3,(H,18,22). The molecule has 0 fully saturated rings. The van der Waals surface area contributed by atoms with Crippen molar-refractivity contribution in [2.45, 2.75) is 6.04 Å². The van der Waals surface area contributed by atoms with Gasteiger partial charge in [-0.2, -0.15) is 5.10 Å². The van der Waals surface area contributed by atoms with Crippen molar-refractivity contribution >= 4 is 28.5 Å². The predicted octanol–water partition coefficient (Wildman–Crippen LogP) is 2.31. The third-order valence-electron chi connectivity index (χ3n) is 4.34. The quantitative estimate of drug-likeness (QED) is 0.778. The van der Waals surface area contributed by atoms with Crippen LogP contribution in [0.15, 0.2) is 63.8 Å². The average Bonchev–Trinajstić information content (AvgIpc) is 3.33. The maximum absolute atomic E-state index is 5.36. The lowest BCUT2D eigenvalue weighted by atomic mass is 10.1. The molecule has 25 heavy (non-hydrogen) atoms. The van der Waals surface area contributed by atoms with Crippen LogP contribution in [0.4, 0.5) is 5.69 Å². The molecule has 0 spiro atoms. The first-order chi connectivity index (χ1) is 12.3. The van der Waals surface area contributed by atoms with Crippen LogP contribution in [0.3, 0.4) is 0 Å². The van der Waals surface area contributed by atoms with Crippen LogP contribution in [0, 0.1) is 0 Å². The van der Waals surface area contributed by atoms with Gasteiger partial charge >= 0.3 is 0 Å². The minimum absolute atomic E-state index is 0.143. The second-order valence-electron chi connectivity index (χ2n) is 5.97. The van der Waals surface area contributed by atoms with Crippen LogP contribution in [-0.4, -0.2) is 37.9 Å². The Bertz CT molecular complexity index is 1040. The monoisotopic (exact) mass is 333 g/mol. The lowest BCUT2D eigenvalue weighted by Gasteiger charge is -2.26. The average molecular weight is 333 g/mol. The van der Waals surface area contributed by atoms with Crippen LogP contribution < -0.4 is 5.32 Å². The van der Waals surface area contributed by atoms with Crippen molar-refractivity contribution in [3.05, 3.63) is 54.9 Å². The van der Waals surface area contributed by atoms with Gasteiger partial charge in [-0.15, -0.1) is 0 Å². The summed E-state index contributed by atoms with van der Waals surface area (Å²) in [6, 6.07) is 5.91. The third-order valence-corrected chi connectivity index (χ3v) is 4.34. The molecular weight excluding hydrogens is 318 g/mol. The number of oxazole rings is 1. The number of nitrogens with one attached hydrogen (secondary N) is 1. The minimum Gasteiger partial charge on any atom is -0.443 e. The molecule has 8 heteroatoms. The van der Waals surface area contributed by atoms with E-state index < -0.39 is 0 Å². The summed E-state index contributed by atoms with van der Waals surface area (Å²) in [5.41, 5.74) is 3.57. The molecule has 0 aliphatic carbocycles. The van der Waals surface area contributed by atoms with Crippen molar-refractivity contribution in [1.82, 2.24) is 19.7 Å². The second-order valence-corrected chi connectivity index (χ2v) is 5.97. The molecule has 124 valence electrons. The van der Waals surface area contributed by atoms with Crippen molar-refractivity contribution < 1.29 is 4.42 Å². The Kier molecular flexibility index (Phi) is 2.96. The summed E-state index contributed by atoms with van der Waals surface area (Å²) in [6.07, 6.45) is 9.08.